The molecule has 1 saturated heterocycles. The molecule has 4 rings (SSSR count). The molecule has 0 saturated carbocycles. The molecule has 3 amide bonds. The first-order valence-corrected chi connectivity index (χ1v) is 12.6. The van der Waals surface area contributed by atoms with Crippen molar-refractivity contribution in [1.29, 1.82) is 0 Å². The van der Waals surface area contributed by atoms with Gasteiger partial charge in [0, 0.05) is 30.9 Å². The predicted octanol–water partition coefficient (Wildman–Crippen LogP) is 2.72. The van der Waals surface area contributed by atoms with Crippen molar-refractivity contribution >= 4 is 29.4 Å². The first-order valence-electron chi connectivity index (χ1n) is 12.6. The summed E-state index contributed by atoms with van der Waals surface area (Å²) < 4.78 is 5.66. The number of carbonyl (C=O) groups excluding carboxylic acids is 3. The first-order chi connectivity index (χ1) is 18.0. The largest absolute Gasteiger partial charge is 0.444 e. The molecule has 2 aliphatic heterocycles. The van der Waals surface area contributed by atoms with Crippen LogP contribution in [0.25, 0.3) is 5.70 Å². The maximum absolute atomic E-state index is 13.1. The van der Waals surface area contributed by atoms with Crippen LogP contribution in [0.15, 0.2) is 54.4 Å². The number of amides is 3. The van der Waals surface area contributed by atoms with Crippen LogP contribution in [0.3, 0.4) is 0 Å². The molecule has 0 aliphatic carbocycles. The van der Waals surface area contributed by atoms with Gasteiger partial charge in [-0.05, 0) is 64.3 Å². The summed E-state index contributed by atoms with van der Waals surface area (Å²) in [6.07, 6.45) is 3.09. The molecule has 0 bridgehead atoms. The van der Waals surface area contributed by atoms with E-state index in [0.717, 1.165) is 12.8 Å². The lowest BCUT2D eigenvalue weighted by Gasteiger charge is -2.44. The molecule has 0 radical (unpaired) electrons. The highest BCUT2D eigenvalue weighted by molar-refractivity contribution is 6.04. The van der Waals surface area contributed by atoms with E-state index in [1.54, 1.807) is 53.6 Å². The number of likely N-dealkylation sites (N-methyl/N-ethyl adjacent to an activating group) is 1. The fourth-order valence-electron chi connectivity index (χ4n) is 4.99. The summed E-state index contributed by atoms with van der Waals surface area (Å²) in [5.74, 6) is 5.95. The van der Waals surface area contributed by atoms with E-state index in [1.165, 1.54) is 5.01 Å². The number of nitrogens with two attached hydrogens (primary N) is 2. The van der Waals surface area contributed by atoms with Gasteiger partial charge in [0.15, 0.2) is 0 Å². The van der Waals surface area contributed by atoms with Gasteiger partial charge >= 0.3 is 6.09 Å². The summed E-state index contributed by atoms with van der Waals surface area (Å²) in [7, 11) is 1.82. The third-order valence-electron chi connectivity index (χ3n) is 6.60. The number of rotatable bonds is 5. The minimum Gasteiger partial charge on any atom is -0.444 e. The predicted molar refractivity (Wildman–Crippen MR) is 143 cm³/mol. The molecule has 1 aromatic carbocycles. The summed E-state index contributed by atoms with van der Waals surface area (Å²) in [5.41, 5.74) is 6.89. The molecule has 11 nitrogen and oxygen atoms in total. The quantitative estimate of drug-likeness (QED) is 0.509. The second-order valence-corrected chi connectivity index (χ2v) is 10.5. The zero-order chi connectivity index (χ0) is 27.6. The van der Waals surface area contributed by atoms with E-state index in [9.17, 15) is 14.4 Å². The van der Waals surface area contributed by atoms with Gasteiger partial charge in [-0.1, -0.05) is 18.2 Å². The van der Waals surface area contributed by atoms with Gasteiger partial charge in [0.25, 0.3) is 11.8 Å². The average Bonchev–Trinajstić information content (AvgIpc) is 3.13. The third kappa shape index (κ3) is 5.57. The molecule has 2 atom stereocenters. The summed E-state index contributed by atoms with van der Waals surface area (Å²) in [6.45, 7) is 6.00. The number of nitrogens with zero attached hydrogens (tertiary/aromatic N) is 4. The number of hydrazine groups is 1. The number of piperidine rings is 1. The van der Waals surface area contributed by atoms with Crippen LogP contribution in [0.2, 0.25) is 0 Å². The van der Waals surface area contributed by atoms with Gasteiger partial charge in [-0.2, -0.15) is 0 Å². The Balaban J connectivity index is 1.60. The Hall–Kier alpha value is -4.12. The number of hydrogen-bond donors (Lipinski definition) is 3. The number of anilines is 1. The van der Waals surface area contributed by atoms with Crippen molar-refractivity contribution in [2.24, 2.45) is 11.6 Å². The van der Waals surface area contributed by atoms with E-state index in [1.807, 2.05) is 32.7 Å². The molecule has 0 spiro atoms. The normalized spacial score (nSPS) is 20.0. The fraction of sp³-hybridized carbons (Fsp3) is 0.407. The molecule has 1 fully saturated rings. The van der Waals surface area contributed by atoms with E-state index >= 15 is 0 Å². The van der Waals surface area contributed by atoms with Gasteiger partial charge in [0.1, 0.15) is 23.3 Å². The molecule has 1 unspecified atom stereocenters. The van der Waals surface area contributed by atoms with Gasteiger partial charge in [0.2, 0.25) is 0 Å². The van der Waals surface area contributed by atoms with Crippen molar-refractivity contribution in [3.63, 3.8) is 0 Å². The van der Waals surface area contributed by atoms with Gasteiger partial charge in [-0.3, -0.25) is 14.6 Å². The number of likely N-dealkylation sites (tertiary alicyclic amines) is 1. The summed E-state index contributed by atoms with van der Waals surface area (Å²) >= 11 is 0. The van der Waals surface area contributed by atoms with Crippen molar-refractivity contribution in [1.82, 2.24) is 19.8 Å². The first kappa shape index (κ1) is 26.9. The minimum absolute atomic E-state index is 0.137. The zero-order valence-corrected chi connectivity index (χ0v) is 22.2. The summed E-state index contributed by atoms with van der Waals surface area (Å²) in [5, 5.41) is 4.10. The number of aromatic nitrogens is 1. The minimum atomic E-state index is -0.687. The van der Waals surface area contributed by atoms with E-state index in [0.29, 0.717) is 35.6 Å². The van der Waals surface area contributed by atoms with Gasteiger partial charge < -0.3 is 25.6 Å². The zero-order valence-electron chi connectivity index (χ0n) is 22.2. The average molecular weight is 522 g/mol. The number of primary amides is 1. The molecule has 38 heavy (non-hydrogen) atoms. The molecule has 2 aromatic rings. The van der Waals surface area contributed by atoms with E-state index in [-0.39, 0.29) is 17.6 Å². The van der Waals surface area contributed by atoms with Crippen LogP contribution in [-0.4, -0.2) is 69.1 Å². The van der Waals surface area contributed by atoms with Crippen molar-refractivity contribution in [2.45, 2.75) is 57.8 Å². The van der Waals surface area contributed by atoms with Crippen LogP contribution < -0.4 is 16.9 Å². The van der Waals surface area contributed by atoms with Gasteiger partial charge in [-0.25, -0.2) is 15.6 Å². The van der Waals surface area contributed by atoms with E-state index in [2.05, 4.69) is 10.3 Å². The Morgan fingerprint density at radius 1 is 1.08 bits per heavy atom. The molecule has 5 N–H and O–H groups in total. The summed E-state index contributed by atoms with van der Waals surface area (Å²) in [4.78, 5) is 46.0. The highest BCUT2D eigenvalue weighted by Gasteiger charge is 2.46. The number of ether oxygens (including phenoxy) is 1. The molecule has 202 valence electrons. The molecular weight excluding hydrogens is 486 g/mol. The smallest absolute Gasteiger partial charge is 0.410 e. The Labute approximate surface area is 222 Å². The van der Waals surface area contributed by atoms with Crippen molar-refractivity contribution < 1.29 is 19.1 Å². The van der Waals surface area contributed by atoms with Crippen LogP contribution in [0.1, 0.15) is 56.0 Å². The SMILES string of the molecule is CN1C(c2ccc(C(=O)Nc3ccccn3)cc2)=C(C(N)=O)N(N)C1[C@@H]1CCCCN1C(=O)OC(C)(C)C. The van der Waals surface area contributed by atoms with Crippen molar-refractivity contribution in [3.8, 4) is 0 Å². The lowest BCUT2D eigenvalue weighted by molar-refractivity contribution is -0.116. The Morgan fingerprint density at radius 2 is 1.79 bits per heavy atom. The van der Waals surface area contributed by atoms with Crippen molar-refractivity contribution in [3.05, 3.63) is 65.5 Å². The standard InChI is InChI=1S/C27H35N7O4/c1-27(2,3)38-26(37)33-16-8-6-9-19(33)25-32(4)21(22(23(28)35)34(25)29)17-11-13-18(14-12-17)24(36)31-20-10-5-7-15-30-20/h5,7,10-15,19,25H,6,8-9,16,29H2,1-4H3,(H2,28,35)(H,30,31,36)/t19-,25?/m0/s1. The number of benzene rings is 1. The maximum atomic E-state index is 13.1. The highest BCUT2D eigenvalue weighted by Crippen LogP contribution is 2.38. The van der Waals surface area contributed by atoms with E-state index < -0.39 is 23.8 Å². The van der Waals surface area contributed by atoms with Crippen LogP contribution >= 0.6 is 0 Å². The summed E-state index contributed by atoms with van der Waals surface area (Å²) in [6, 6.07) is 11.7. The lowest BCUT2D eigenvalue weighted by atomic mass is 9.99. The molecule has 3 heterocycles. The number of pyridine rings is 1. The number of carbonyl (C=O) groups is 3. The Bertz CT molecular complexity index is 1220. The third-order valence-corrected chi connectivity index (χ3v) is 6.60. The number of nitrogens with one attached hydrogen (secondary N) is 1. The second kappa shape index (κ2) is 10.7. The topological polar surface area (TPSA) is 147 Å². The van der Waals surface area contributed by atoms with Crippen LogP contribution in [0.5, 0.6) is 0 Å². The van der Waals surface area contributed by atoms with Crippen molar-refractivity contribution in [2.75, 3.05) is 18.9 Å². The maximum Gasteiger partial charge on any atom is 0.410 e. The van der Waals surface area contributed by atoms with Crippen LogP contribution in [-0.2, 0) is 9.53 Å². The second-order valence-electron chi connectivity index (χ2n) is 10.5. The Morgan fingerprint density at radius 3 is 2.39 bits per heavy atom. The van der Waals surface area contributed by atoms with Crippen LogP contribution in [0, 0.1) is 0 Å². The van der Waals surface area contributed by atoms with E-state index in [4.69, 9.17) is 16.3 Å². The van der Waals surface area contributed by atoms with Crippen LogP contribution in [0.4, 0.5) is 10.6 Å². The lowest BCUT2D eigenvalue weighted by Crippen LogP contribution is -2.60. The number of hydrogen-bond acceptors (Lipinski definition) is 8. The fourth-order valence-corrected chi connectivity index (χ4v) is 4.99. The highest BCUT2D eigenvalue weighted by atomic mass is 16.6. The molecule has 2 aliphatic rings. The Kier molecular flexibility index (Phi) is 7.58. The van der Waals surface area contributed by atoms with Gasteiger partial charge in [0.05, 0.1) is 11.7 Å². The monoisotopic (exact) mass is 521 g/mol. The van der Waals surface area contributed by atoms with Gasteiger partial charge in [-0.15, -0.1) is 0 Å². The molecule has 11 heteroatoms. The molecule has 1 aromatic heterocycles. The molecular formula is C27H35N7O4.